The Morgan fingerprint density at radius 1 is 1.47 bits per heavy atom. The van der Waals surface area contributed by atoms with E-state index in [9.17, 15) is 0 Å². The van der Waals surface area contributed by atoms with E-state index in [1.165, 1.54) is 0 Å². The molecule has 1 aromatic carbocycles. The van der Waals surface area contributed by atoms with Gasteiger partial charge in [-0.25, -0.2) is 0 Å². The first-order valence-corrected chi connectivity index (χ1v) is 5.19. The van der Waals surface area contributed by atoms with Crippen molar-refractivity contribution >= 4 is 28.9 Å². The van der Waals surface area contributed by atoms with E-state index in [0.717, 1.165) is 0 Å². The van der Waals surface area contributed by atoms with Crippen LogP contribution in [0.5, 0.6) is 0 Å². The predicted octanol–water partition coefficient (Wildman–Crippen LogP) is 3.60. The maximum atomic E-state index is 8.85. The van der Waals surface area contributed by atoms with Gasteiger partial charge in [0.15, 0.2) is 0 Å². The molecule has 0 aliphatic rings. The minimum Gasteiger partial charge on any atom is -0.397 e. The first kappa shape index (κ1) is 11.9. The van der Waals surface area contributed by atoms with Crippen LogP contribution in [0.15, 0.2) is 23.8 Å². The van der Waals surface area contributed by atoms with E-state index >= 15 is 0 Å². The largest absolute Gasteiger partial charge is 0.397 e. The van der Waals surface area contributed by atoms with Crippen molar-refractivity contribution in [3.63, 3.8) is 0 Å². The van der Waals surface area contributed by atoms with Crippen LogP contribution in [0, 0.1) is 11.3 Å². The second-order valence-electron chi connectivity index (χ2n) is 2.98. The standard InChI is InChI=1S/C11H10Cl2N2/c1-2-7(6-14)11(15)9-4-3-8(12)5-10(9)13/h3-5H,2,15H2,1H3/b11-7-. The van der Waals surface area contributed by atoms with Crippen LogP contribution in [0.4, 0.5) is 0 Å². The second-order valence-corrected chi connectivity index (χ2v) is 3.83. The van der Waals surface area contributed by atoms with E-state index in [1.807, 2.05) is 6.92 Å². The van der Waals surface area contributed by atoms with Gasteiger partial charge >= 0.3 is 0 Å². The lowest BCUT2D eigenvalue weighted by Gasteiger charge is -2.06. The molecule has 0 amide bonds. The maximum Gasteiger partial charge on any atom is 0.0968 e. The molecule has 0 unspecified atom stereocenters. The lowest BCUT2D eigenvalue weighted by molar-refractivity contribution is 1.14. The lowest BCUT2D eigenvalue weighted by Crippen LogP contribution is -2.01. The molecule has 1 rings (SSSR count). The highest BCUT2D eigenvalue weighted by molar-refractivity contribution is 6.35. The molecule has 15 heavy (non-hydrogen) atoms. The third kappa shape index (κ3) is 2.65. The summed E-state index contributed by atoms with van der Waals surface area (Å²) >= 11 is 11.7. The Kier molecular flexibility index (Phi) is 4.02. The van der Waals surface area contributed by atoms with E-state index in [-0.39, 0.29) is 0 Å². The number of hydrogen-bond acceptors (Lipinski definition) is 2. The van der Waals surface area contributed by atoms with Crippen LogP contribution in [0.2, 0.25) is 10.0 Å². The van der Waals surface area contributed by atoms with Gasteiger partial charge < -0.3 is 5.73 Å². The van der Waals surface area contributed by atoms with Crippen molar-refractivity contribution < 1.29 is 0 Å². The van der Waals surface area contributed by atoms with Gasteiger partial charge in [-0.05, 0) is 24.6 Å². The second kappa shape index (κ2) is 5.06. The molecule has 0 saturated heterocycles. The molecule has 78 valence electrons. The zero-order valence-electron chi connectivity index (χ0n) is 8.22. The molecule has 0 spiro atoms. The number of nitrogens with zero attached hydrogens (tertiary/aromatic N) is 1. The number of hydrogen-bond donors (Lipinski definition) is 1. The van der Waals surface area contributed by atoms with Crippen LogP contribution in [-0.4, -0.2) is 0 Å². The molecular weight excluding hydrogens is 231 g/mol. The first-order valence-electron chi connectivity index (χ1n) is 4.44. The number of halogens is 2. The van der Waals surface area contributed by atoms with Crippen molar-refractivity contribution in [3.8, 4) is 6.07 Å². The van der Waals surface area contributed by atoms with Crippen molar-refractivity contribution in [2.24, 2.45) is 5.73 Å². The van der Waals surface area contributed by atoms with Crippen molar-refractivity contribution in [2.75, 3.05) is 0 Å². The topological polar surface area (TPSA) is 49.8 Å². The van der Waals surface area contributed by atoms with Gasteiger partial charge in [0.1, 0.15) is 0 Å². The maximum absolute atomic E-state index is 8.85. The van der Waals surface area contributed by atoms with Gasteiger partial charge in [0.2, 0.25) is 0 Å². The number of allylic oxidation sites excluding steroid dienone is 1. The third-order valence-electron chi connectivity index (χ3n) is 2.03. The molecule has 0 aliphatic carbocycles. The van der Waals surface area contributed by atoms with Gasteiger partial charge in [-0.3, -0.25) is 0 Å². The van der Waals surface area contributed by atoms with Crippen LogP contribution in [-0.2, 0) is 0 Å². The van der Waals surface area contributed by atoms with Crippen LogP contribution in [0.3, 0.4) is 0 Å². The van der Waals surface area contributed by atoms with E-state index in [1.54, 1.807) is 18.2 Å². The predicted molar refractivity (Wildman–Crippen MR) is 63.5 cm³/mol. The van der Waals surface area contributed by atoms with Gasteiger partial charge in [-0.1, -0.05) is 30.1 Å². The zero-order chi connectivity index (χ0) is 11.4. The average molecular weight is 241 g/mol. The van der Waals surface area contributed by atoms with Crippen molar-refractivity contribution in [1.82, 2.24) is 0 Å². The van der Waals surface area contributed by atoms with Gasteiger partial charge in [0, 0.05) is 10.6 Å². The molecule has 2 nitrogen and oxygen atoms in total. The molecule has 0 fully saturated rings. The zero-order valence-corrected chi connectivity index (χ0v) is 9.73. The van der Waals surface area contributed by atoms with Crippen LogP contribution < -0.4 is 5.73 Å². The van der Waals surface area contributed by atoms with E-state index in [2.05, 4.69) is 6.07 Å². The van der Waals surface area contributed by atoms with Crippen molar-refractivity contribution in [2.45, 2.75) is 13.3 Å². The van der Waals surface area contributed by atoms with E-state index in [0.29, 0.717) is 33.3 Å². The van der Waals surface area contributed by atoms with Gasteiger partial charge in [-0.2, -0.15) is 5.26 Å². The van der Waals surface area contributed by atoms with Gasteiger partial charge in [0.25, 0.3) is 0 Å². The van der Waals surface area contributed by atoms with Gasteiger partial charge in [0.05, 0.1) is 22.4 Å². The molecule has 0 atom stereocenters. The summed E-state index contributed by atoms with van der Waals surface area (Å²) in [5.41, 5.74) is 7.44. The number of rotatable bonds is 2. The van der Waals surface area contributed by atoms with Crippen LogP contribution in [0.25, 0.3) is 5.70 Å². The molecule has 0 heterocycles. The summed E-state index contributed by atoms with van der Waals surface area (Å²) in [6.45, 7) is 1.87. The average Bonchev–Trinajstić information content (AvgIpc) is 2.19. The Hall–Kier alpha value is -1.17. The van der Waals surface area contributed by atoms with E-state index in [4.69, 9.17) is 34.2 Å². The molecule has 0 saturated carbocycles. The lowest BCUT2D eigenvalue weighted by atomic mass is 10.1. The quantitative estimate of drug-likeness (QED) is 0.804. The number of benzene rings is 1. The molecule has 2 N–H and O–H groups in total. The number of nitrogens with two attached hydrogens (primary N) is 1. The summed E-state index contributed by atoms with van der Waals surface area (Å²) in [4.78, 5) is 0. The summed E-state index contributed by atoms with van der Waals surface area (Å²) in [7, 11) is 0. The molecule has 4 heteroatoms. The molecule has 0 aromatic heterocycles. The fourth-order valence-electron chi connectivity index (χ4n) is 1.20. The minimum absolute atomic E-state index is 0.418. The summed E-state index contributed by atoms with van der Waals surface area (Å²) in [6, 6.07) is 7.07. The van der Waals surface area contributed by atoms with E-state index < -0.39 is 0 Å². The molecule has 0 aliphatic heterocycles. The Morgan fingerprint density at radius 3 is 2.60 bits per heavy atom. The highest BCUT2D eigenvalue weighted by Crippen LogP contribution is 2.26. The monoisotopic (exact) mass is 240 g/mol. The SMILES string of the molecule is CC/C(C#N)=C(/N)c1ccc(Cl)cc1Cl. The molecular formula is C11H10Cl2N2. The Bertz CT molecular complexity index is 444. The number of nitriles is 1. The van der Waals surface area contributed by atoms with Crippen LogP contribution >= 0.6 is 23.2 Å². The molecule has 1 aromatic rings. The normalized spacial score (nSPS) is 11.9. The summed E-state index contributed by atoms with van der Waals surface area (Å²) in [5, 5.41) is 9.85. The molecule has 0 bridgehead atoms. The fourth-order valence-corrected chi connectivity index (χ4v) is 1.71. The highest BCUT2D eigenvalue weighted by atomic mass is 35.5. The third-order valence-corrected chi connectivity index (χ3v) is 2.58. The molecule has 0 radical (unpaired) electrons. The Balaban J connectivity index is 3.29. The smallest absolute Gasteiger partial charge is 0.0968 e. The highest BCUT2D eigenvalue weighted by Gasteiger charge is 2.08. The Morgan fingerprint density at radius 2 is 2.13 bits per heavy atom. The minimum atomic E-state index is 0.418. The summed E-state index contributed by atoms with van der Waals surface area (Å²) in [6.07, 6.45) is 0.585. The van der Waals surface area contributed by atoms with Crippen LogP contribution in [0.1, 0.15) is 18.9 Å². The van der Waals surface area contributed by atoms with Gasteiger partial charge in [-0.15, -0.1) is 0 Å². The summed E-state index contributed by atoms with van der Waals surface area (Å²) < 4.78 is 0. The Labute approximate surface area is 98.9 Å². The fraction of sp³-hybridized carbons (Fsp3) is 0.182. The first-order chi connectivity index (χ1) is 7.10. The summed E-state index contributed by atoms with van der Waals surface area (Å²) in [5.74, 6) is 0. The van der Waals surface area contributed by atoms with Crippen molar-refractivity contribution in [3.05, 3.63) is 39.4 Å². The van der Waals surface area contributed by atoms with Crippen molar-refractivity contribution in [1.29, 1.82) is 5.26 Å².